The molecule has 0 spiro atoms. The molecule has 1 unspecified atom stereocenters. The summed E-state index contributed by atoms with van der Waals surface area (Å²) in [6.45, 7) is 4.19. The molecule has 0 aliphatic carbocycles. The summed E-state index contributed by atoms with van der Waals surface area (Å²) >= 11 is 0. The van der Waals surface area contributed by atoms with Crippen LogP contribution in [0.15, 0.2) is 48.5 Å². The zero-order valence-electron chi connectivity index (χ0n) is 18.9. The van der Waals surface area contributed by atoms with E-state index in [1.807, 2.05) is 36.4 Å². The number of carbonyl (C=O) groups is 3. The fourth-order valence-corrected chi connectivity index (χ4v) is 4.45. The number of hydrogen-bond donors (Lipinski definition) is 3. The molecular formula is C26H32N4O3. The maximum Gasteiger partial charge on any atom is 0.251 e. The van der Waals surface area contributed by atoms with Gasteiger partial charge in [0.2, 0.25) is 11.8 Å². The molecule has 3 N–H and O–H groups in total. The third-order valence-corrected chi connectivity index (χ3v) is 6.45. The van der Waals surface area contributed by atoms with Crippen molar-refractivity contribution in [2.75, 3.05) is 31.5 Å². The second-order valence-electron chi connectivity index (χ2n) is 8.86. The third kappa shape index (κ3) is 6.42. The van der Waals surface area contributed by atoms with Gasteiger partial charge >= 0.3 is 0 Å². The number of benzene rings is 2. The fourth-order valence-electron chi connectivity index (χ4n) is 4.45. The van der Waals surface area contributed by atoms with Crippen LogP contribution in [-0.4, -0.2) is 48.8 Å². The van der Waals surface area contributed by atoms with Crippen LogP contribution in [0.2, 0.25) is 0 Å². The van der Waals surface area contributed by atoms with Gasteiger partial charge in [0.05, 0.1) is 0 Å². The molecule has 0 radical (unpaired) electrons. The van der Waals surface area contributed by atoms with E-state index in [1.54, 1.807) is 12.1 Å². The van der Waals surface area contributed by atoms with Crippen LogP contribution in [0, 0.1) is 5.92 Å². The molecule has 7 nitrogen and oxygen atoms in total. The molecule has 7 heteroatoms. The molecule has 1 atom stereocenters. The fraction of sp³-hybridized carbons (Fsp3) is 0.423. The van der Waals surface area contributed by atoms with Gasteiger partial charge in [0, 0.05) is 43.2 Å². The Labute approximate surface area is 194 Å². The highest BCUT2D eigenvalue weighted by Gasteiger charge is 2.26. The topological polar surface area (TPSA) is 90.5 Å². The minimum Gasteiger partial charge on any atom is -0.352 e. The van der Waals surface area contributed by atoms with E-state index in [2.05, 4.69) is 20.9 Å². The van der Waals surface area contributed by atoms with Gasteiger partial charge in [-0.3, -0.25) is 14.4 Å². The average molecular weight is 449 g/mol. The molecule has 0 aromatic heterocycles. The lowest BCUT2D eigenvalue weighted by Gasteiger charge is -2.24. The summed E-state index contributed by atoms with van der Waals surface area (Å²) in [5, 5.41) is 8.81. The van der Waals surface area contributed by atoms with Crippen LogP contribution in [0.4, 0.5) is 5.69 Å². The minimum atomic E-state index is -0.186. The number of fused-ring (bicyclic) bond motifs is 1. The lowest BCUT2D eigenvalue weighted by Crippen LogP contribution is -2.33. The number of para-hydroxylation sites is 1. The first kappa shape index (κ1) is 23.0. The molecule has 3 amide bonds. The van der Waals surface area contributed by atoms with Crippen molar-refractivity contribution in [1.29, 1.82) is 0 Å². The highest BCUT2D eigenvalue weighted by molar-refractivity contribution is 5.96. The highest BCUT2D eigenvalue weighted by atomic mass is 16.2. The minimum absolute atomic E-state index is 0.0178. The molecule has 174 valence electrons. The summed E-state index contributed by atoms with van der Waals surface area (Å²) in [6, 6.07) is 15.1. The molecule has 2 aromatic rings. The molecular weight excluding hydrogens is 416 g/mol. The molecule has 4 rings (SSSR count). The first-order valence-corrected chi connectivity index (χ1v) is 11.8. The molecule has 1 fully saturated rings. The van der Waals surface area contributed by atoms with Gasteiger partial charge in [0.25, 0.3) is 5.91 Å². The molecule has 1 saturated heterocycles. The van der Waals surface area contributed by atoms with Crippen LogP contribution in [0.1, 0.15) is 47.2 Å². The Morgan fingerprint density at radius 1 is 1.00 bits per heavy atom. The van der Waals surface area contributed by atoms with Crippen molar-refractivity contribution in [2.45, 2.75) is 38.6 Å². The number of rotatable bonds is 9. The molecule has 2 aliphatic heterocycles. The predicted octanol–water partition coefficient (Wildman–Crippen LogP) is 2.72. The third-order valence-electron chi connectivity index (χ3n) is 6.45. The Bertz CT molecular complexity index is 983. The van der Waals surface area contributed by atoms with Gasteiger partial charge < -0.3 is 20.9 Å². The van der Waals surface area contributed by atoms with Gasteiger partial charge in [-0.2, -0.15) is 0 Å². The summed E-state index contributed by atoms with van der Waals surface area (Å²) in [5.74, 6) is -0.354. The number of carbonyl (C=O) groups excluding carboxylic acids is 3. The van der Waals surface area contributed by atoms with E-state index in [9.17, 15) is 14.4 Å². The van der Waals surface area contributed by atoms with Crippen LogP contribution >= 0.6 is 0 Å². The van der Waals surface area contributed by atoms with Gasteiger partial charge in [0.1, 0.15) is 0 Å². The summed E-state index contributed by atoms with van der Waals surface area (Å²) < 4.78 is 0. The highest BCUT2D eigenvalue weighted by Crippen LogP contribution is 2.27. The zero-order chi connectivity index (χ0) is 23.0. The Kier molecular flexibility index (Phi) is 7.73. The van der Waals surface area contributed by atoms with E-state index < -0.39 is 0 Å². The SMILES string of the molecule is O=C(CCC1Cc2ccccc2NC1=O)NCc1ccc(C(=O)NCCN2CCCC2)cc1. The van der Waals surface area contributed by atoms with E-state index in [4.69, 9.17) is 0 Å². The molecule has 0 bridgehead atoms. The number of amides is 3. The van der Waals surface area contributed by atoms with Crippen molar-refractivity contribution < 1.29 is 14.4 Å². The summed E-state index contributed by atoms with van der Waals surface area (Å²) in [7, 11) is 0. The van der Waals surface area contributed by atoms with E-state index in [0.717, 1.165) is 36.4 Å². The normalized spacial score (nSPS) is 17.8. The Morgan fingerprint density at radius 3 is 2.55 bits per heavy atom. The maximum absolute atomic E-state index is 12.3. The van der Waals surface area contributed by atoms with E-state index in [1.165, 1.54) is 12.8 Å². The molecule has 2 aliphatic rings. The van der Waals surface area contributed by atoms with E-state index in [0.29, 0.717) is 37.9 Å². The van der Waals surface area contributed by atoms with Gasteiger partial charge in [-0.1, -0.05) is 30.3 Å². The monoisotopic (exact) mass is 448 g/mol. The van der Waals surface area contributed by atoms with Crippen molar-refractivity contribution in [3.8, 4) is 0 Å². The van der Waals surface area contributed by atoms with Gasteiger partial charge in [-0.15, -0.1) is 0 Å². The number of nitrogens with one attached hydrogen (secondary N) is 3. The van der Waals surface area contributed by atoms with Crippen LogP contribution in [0.25, 0.3) is 0 Å². The van der Waals surface area contributed by atoms with E-state index >= 15 is 0 Å². The van der Waals surface area contributed by atoms with Crippen molar-refractivity contribution in [2.24, 2.45) is 5.92 Å². The van der Waals surface area contributed by atoms with Crippen LogP contribution in [0.5, 0.6) is 0 Å². The molecule has 0 saturated carbocycles. The molecule has 2 heterocycles. The van der Waals surface area contributed by atoms with Crippen LogP contribution in [0.3, 0.4) is 0 Å². The number of anilines is 1. The number of nitrogens with zero attached hydrogens (tertiary/aromatic N) is 1. The predicted molar refractivity (Wildman–Crippen MR) is 128 cm³/mol. The largest absolute Gasteiger partial charge is 0.352 e. The molecule has 33 heavy (non-hydrogen) atoms. The van der Waals surface area contributed by atoms with Crippen molar-refractivity contribution >= 4 is 23.4 Å². The summed E-state index contributed by atoms with van der Waals surface area (Å²) in [4.78, 5) is 39.3. The summed E-state index contributed by atoms with van der Waals surface area (Å²) in [5.41, 5.74) is 3.53. The van der Waals surface area contributed by atoms with Crippen molar-refractivity contribution in [3.05, 3.63) is 65.2 Å². The van der Waals surface area contributed by atoms with Crippen LogP contribution in [-0.2, 0) is 22.6 Å². The number of likely N-dealkylation sites (tertiary alicyclic amines) is 1. The smallest absolute Gasteiger partial charge is 0.251 e. The Hall–Kier alpha value is -3.19. The number of hydrogen-bond acceptors (Lipinski definition) is 4. The Morgan fingerprint density at radius 2 is 1.76 bits per heavy atom. The van der Waals surface area contributed by atoms with Crippen molar-refractivity contribution in [3.63, 3.8) is 0 Å². The lowest BCUT2D eigenvalue weighted by molar-refractivity contribution is -0.123. The zero-order valence-corrected chi connectivity index (χ0v) is 18.9. The lowest BCUT2D eigenvalue weighted by atomic mass is 9.89. The first-order valence-electron chi connectivity index (χ1n) is 11.8. The van der Waals surface area contributed by atoms with Gasteiger partial charge in [-0.25, -0.2) is 0 Å². The van der Waals surface area contributed by atoms with Gasteiger partial charge in [0.15, 0.2) is 0 Å². The van der Waals surface area contributed by atoms with Gasteiger partial charge in [-0.05, 0) is 68.1 Å². The average Bonchev–Trinajstić information content (AvgIpc) is 3.35. The second kappa shape index (κ2) is 11.1. The standard InChI is InChI=1S/C26H32N4O3/c31-24(12-11-22-17-21-5-1-2-6-23(21)29-26(22)33)28-18-19-7-9-20(10-8-19)25(32)27-13-16-30-14-3-4-15-30/h1-2,5-10,22H,3-4,11-18H2,(H,27,32)(H,28,31)(H,29,33). The maximum atomic E-state index is 12.3. The van der Waals surface area contributed by atoms with E-state index in [-0.39, 0.29) is 23.6 Å². The second-order valence-corrected chi connectivity index (χ2v) is 8.86. The summed E-state index contributed by atoms with van der Waals surface area (Å²) in [6.07, 6.45) is 3.98. The molecule has 2 aromatic carbocycles. The Balaban J connectivity index is 1.16. The van der Waals surface area contributed by atoms with Crippen molar-refractivity contribution in [1.82, 2.24) is 15.5 Å². The van der Waals surface area contributed by atoms with Crippen LogP contribution < -0.4 is 16.0 Å². The first-order chi connectivity index (χ1) is 16.1. The quantitative estimate of drug-likeness (QED) is 0.550.